The van der Waals surface area contributed by atoms with Gasteiger partial charge in [0.2, 0.25) is 0 Å². The average Bonchev–Trinajstić information content (AvgIpc) is 3.04. The Bertz CT molecular complexity index is 1220. The number of rotatable bonds is 6. The van der Waals surface area contributed by atoms with Gasteiger partial charge in [-0.25, -0.2) is 4.98 Å². The summed E-state index contributed by atoms with van der Waals surface area (Å²) in [6, 6.07) is 28.8. The van der Waals surface area contributed by atoms with Crippen molar-refractivity contribution in [2.24, 2.45) is 0 Å². The predicted octanol–water partition coefficient (Wildman–Crippen LogP) is 9.19. The molecule has 220 valence electrons. The number of benzene rings is 3. The fourth-order valence-electron chi connectivity index (χ4n) is 4.17. The summed E-state index contributed by atoms with van der Waals surface area (Å²) in [5, 5.41) is 4.44. The first kappa shape index (κ1) is 34.0. The number of ether oxygens (including phenoxy) is 2. The molecule has 0 aliphatic carbocycles. The molecule has 0 bridgehead atoms. The number of aromatic nitrogens is 1. The van der Waals surface area contributed by atoms with E-state index < -0.39 is 0 Å². The second-order valence-electron chi connectivity index (χ2n) is 9.42. The Kier molecular flexibility index (Phi) is 16.4. The highest BCUT2D eigenvalue weighted by atomic mass is 31.0. The lowest BCUT2D eigenvalue weighted by molar-refractivity contribution is 0.340. The molecule has 1 atom stereocenters. The van der Waals surface area contributed by atoms with Crippen LogP contribution in [0.15, 0.2) is 84.9 Å². The summed E-state index contributed by atoms with van der Waals surface area (Å²) < 4.78 is 10.9. The summed E-state index contributed by atoms with van der Waals surface area (Å²) in [5.74, 6) is 1.70. The molecule has 2 heterocycles. The number of hydrogen-bond donors (Lipinski definition) is 1. The van der Waals surface area contributed by atoms with Crippen molar-refractivity contribution < 1.29 is 9.47 Å². The number of nitrogens with zero attached hydrogens (tertiary/aromatic N) is 1. The first-order valence-electron chi connectivity index (χ1n) is 15.0. The van der Waals surface area contributed by atoms with Crippen LogP contribution in [0.2, 0.25) is 0 Å². The summed E-state index contributed by atoms with van der Waals surface area (Å²) >= 11 is 0. The molecule has 0 spiro atoms. The monoisotopic (exact) mass is 572 g/mol. The number of methoxy groups -OCH3 is 1. The Morgan fingerprint density at radius 3 is 1.71 bits per heavy atom. The molecule has 5 heteroatoms. The third kappa shape index (κ3) is 11.3. The van der Waals surface area contributed by atoms with Gasteiger partial charge in [-0.2, -0.15) is 0 Å². The van der Waals surface area contributed by atoms with Crippen LogP contribution in [0.25, 0.3) is 33.6 Å². The van der Waals surface area contributed by atoms with Crippen LogP contribution < -0.4 is 20.1 Å². The Labute approximate surface area is 251 Å². The summed E-state index contributed by atoms with van der Waals surface area (Å²) in [6.07, 6.45) is 5.47. The van der Waals surface area contributed by atoms with Crippen LogP contribution in [0.1, 0.15) is 60.3 Å². The molecule has 1 unspecified atom stereocenters. The lowest BCUT2D eigenvalue weighted by Crippen LogP contribution is -2.21. The number of hydrogen-bond acceptors (Lipinski definition) is 4. The number of pyridine rings is 1. The van der Waals surface area contributed by atoms with Gasteiger partial charge in [-0.15, -0.1) is 9.24 Å². The van der Waals surface area contributed by atoms with Crippen LogP contribution >= 0.6 is 9.24 Å². The van der Waals surface area contributed by atoms with Gasteiger partial charge in [-0.1, -0.05) is 83.0 Å². The molecule has 1 fully saturated rings. The summed E-state index contributed by atoms with van der Waals surface area (Å²) in [7, 11) is 4.40. The minimum Gasteiger partial charge on any atom is -0.497 e. The molecule has 5 rings (SSSR count). The lowest BCUT2D eigenvalue weighted by Gasteiger charge is -2.13. The normalized spacial score (nSPS) is 11.9. The molecule has 1 aliphatic heterocycles. The van der Waals surface area contributed by atoms with Crippen LogP contribution in [0.5, 0.6) is 11.5 Å². The molecule has 0 radical (unpaired) electrons. The molecule has 0 saturated carbocycles. The van der Waals surface area contributed by atoms with Crippen LogP contribution in [0.3, 0.4) is 0 Å². The summed E-state index contributed by atoms with van der Waals surface area (Å²) in [4.78, 5) is 5.06. The Morgan fingerprint density at radius 1 is 0.683 bits per heavy atom. The standard InChI is InChI=1S/C26H24NO2P.C5H11N.C3H8.C2H6/c1-3-29-22-12-6-20(7-13-22)26-24(18-4-10-21(28-2)11-5-18)16-17-25(27-26)19-8-14-23(30)15-9-19;1-2-4-6-5-3-1;1-3-2;1-2/h4-17H,3,30H2,1-2H3;6H,1-5H2;3H2,1-2H3;1-2H3. The molecule has 4 nitrogen and oxygen atoms in total. The SMILES string of the molecule is C1CCNCC1.CC.CCC.CCOc1ccc(-c2nc(-c3ccc(P)cc3)ccc2-c2ccc(OC)cc2)cc1. The third-order valence-electron chi connectivity index (χ3n) is 6.15. The smallest absolute Gasteiger partial charge is 0.119 e. The van der Waals surface area contributed by atoms with Crippen LogP contribution in [-0.4, -0.2) is 31.8 Å². The zero-order valence-corrected chi connectivity index (χ0v) is 27.0. The van der Waals surface area contributed by atoms with Gasteiger partial charge in [-0.3, -0.25) is 0 Å². The Hall–Kier alpha value is -3.20. The van der Waals surface area contributed by atoms with Crippen molar-refractivity contribution in [2.45, 2.75) is 60.3 Å². The third-order valence-corrected chi connectivity index (χ3v) is 6.53. The van der Waals surface area contributed by atoms with E-state index >= 15 is 0 Å². The van der Waals surface area contributed by atoms with E-state index in [4.69, 9.17) is 14.5 Å². The van der Waals surface area contributed by atoms with Crippen molar-refractivity contribution in [3.05, 3.63) is 84.9 Å². The van der Waals surface area contributed by atoms with Gasteiger partial charge in [-0.05, 0) is 86.2 Å². The summed E-state index contributed by atoms with van der Waals surface area (Å²) in [5.41, 5.74) is 6.20. The molecule has 1 aromatic heterocycles. The Morgan fingerprint density at radius 2 is 1.22 bits per heavy atom. The number of nitrogens with one attached hydrogen (secondary N) is 1. The predicted molar refractivity (Wildman–Crippen MR) is 182 cm³/mol. The molecule has 0 amide bonds. The van der Waals surface area contributed by atoms with E-state index in [2.05, 4.69) is 89.1 Å². The maximum Gasteiger partial charge on any atom is 0.119 e. The molecule has 1 saturated heterocycles. The zero-order chi connectivity index (χ0) is 29.9. The Balaban J connectivity index is 0.000000455. The molecule has 3 aromatic carbocycles. The van der Waals surface area contributed by atoms with E-state index in [0.717, 1.165) is 50.4 Å². The van der Waals surface area contributed by atoms with Crippen molar-refractivity contribution in [1.29, 1.82) is 0 Å². The first-order chi connectivity index (χ1) is 20.1. The van der Waals surface area contributed by atoms with Gasteiger partial charge >= 0.3 is 0 Å². The highest BCUT2D eigenvalue weighted by Crippen LogP contribution is 2.34. The van der Waals surface area contributed by atoms with Gasteiger partial charge in [0, 0.05) is 16.7 Å². The van der Waals surface area contributed by atoms with Gasteiger partial charge < -0.3 is 14.8 Å². The van der Waals surface area contributed by atoms with Crippen molar-refractivity contribution in [3.8, 4) is 45.1 Å². The first-order valence-corrected chi connectivity index (χ1v) is 15.6. The van der Waals surface area contributed by atoms with Crippen LogP contribution in [0.4, 0.5) is 0 Å². The molecular formula is C36H49N2O2P. The van der Waals surface area contributed by atoms with Crippen LogP contribution in [0, 0.1) is 0 Å². The van der Waals surface area contributed by atoms with Gasteiger partial charge in [0.15, 0.2) is 0 Å². The van der Waals surface area contributed by atoms with Crippen molar-refractivity contribution in [2.75, 3.05) is 26.8 Å². The quantitative estimate of drug-likeness (QED) is 0.234. The highest BCUT2D eigenvalue weighted by Gasteiger charge is 2.12. The highest BCUT2D eigenvalue weighted by molar-refractivity contribution is 7.27. The van der Waals surface area contributed by atoms with Crippen molar-refractivity contribution in [1.82, 2.24) is 10.3 Å². The van der Waals surface area contributed by atoms with E-state index in [0.29, 0.717) is 6.61 Å². The van der Waals surface area contributed by atoms with E-state index in [1.165, 1.54) is 38.8 Å². The second kappa shape index (κ2) is 19.8. The van der Waals surface area contributed by atoms with Crippen LogP contribution in [-0.2, 0) is 0 Å². The van der Waals surface area contributed by atoms with Gasteiger partial charge in [0.25, 0.3) is 0 Å². The maximum atomic E-state index is 5.61. The molecule has 41 heavy (non-hydrogen) atoms. The average molecular weight is 573 g/mol. The largest absolute Gasteiger partial charge is 0.497 e. The van der Waals surface area contributed by atoms with E-state index in [-0.39, 0.29) is 0 Å². The van der Waals surface area contributed by atoms with E-state index in [1.807, 2.05) is 45.0 Å². The second-order valence-corrected chi connectivity index (χ2v) is 10.1. The van der Waals surface area contributed by atoms with Crippen molar-refractivity contribution >= 4 is 14.5 Å². The minimum absolute atomic E-state index is 0.649. The van der Waals surface area contributed by atoms with Gasteiger partial charge in [0.05, 0.1) is 25.1 Å². The molecular weight excluding hydrogens is 523 g/mol. The zero-order valence-electron chi connectivity index (χ0n) is 25.9. The van der Waals surface area contributed by atoms with E-state index in [1.54, 1.807) is 7.11 Å². The number of piperidine rings is 1. The topological polar surface area (TPSA) is 43.4 Å². The fraction of sp³-hybridized carbons (Fsp3) is 0.361. The van der Waals surface area contributed by atoms with Gasteiger partial charge in [0.1, 0.15) is 11.5 Å². The molecule has 1 aliphatic rings. The van der Waals surface area contributed by atoms with Crippen molar-refractivity contribution in [3.63, 3.8) is 0 Å². The maximum absolute atomic E-state index is 5.61. The minimum atomic E-state index is 0.649. The van der Waals surface area contributed by atoms with E-state index in [9.17, 15) is 0 Å². The molecule has 1 N–H and O–H groups in total. The fourth-order valence-corrected chi connectivity index (χ4v) is 4.37. The lowest BCUT2D eigenvalue weighted by atomic mass is 9.97. The summed E-state index contributed by atoms with van der Waals surface area (Å²) in [6.45, 7) is 13.4. The molecule has 4 aromatic rings.